The van der Waals surface area contributed by atoms with Gasteiger partial charge in [0.05, 0.1) is 0 Å². The van der Waals surface area contributed by atoms with E-state index >= 15 is 0 Å². The molecule has 0 aromatic heterocycles. The summed E-state index contributed by atoms with van der Waals surface area (Å²) in [6.07, 6.45) is 10.5. The lowest BCUT2D eigenvalue weighted by Gasteiger charge is -2.47. The van der Waals surface area contributed by atoms with Gasteiger partial charge in [-0.1, -0.05) is 13.3 Å². The first-order valence-electron chi connectivity index (χ1n) is 8.23. The van der Waals surface area contributed by atoms with Crippen molar-refractivity contribution in [1.82, 2.24) is 10.2 Å². The molecule has 1 aliphatic carbocycles. The van der Waals surface area contributed by atoms with Crippen LogP contribution in [0.15, 0.2) is 0 Å². The average molecular weight is 250 g/mol. The van der Waals surface area contributed by atoms with Crippen molar-refractivity contribution < 1.29 is 0 Å². The topological polar surface area (TPSA) is 15.3 Å². The van der Waals surface area contributed by atoms with E-state index in [0.717, 1.165) is 17.3 Å². The molecule has 1 N–H and O–H groups in total. The SMILES string of the molecule is CCC1CCC2(CC1)CCN(CC1CNC1)CC2. The standard InChI is InChI=1S/C16H30N2/c1-2-14-3-5-16(6-4-14)7-9-18(10-8-16)13-15-11-17-12-15/h14-15,17H,2-13H2,1H3. The number of hydrogen-bond donors (Lipinski definition) is 1. The van der Waals surface area contributed by atoms with Crippen LogP contribution in [0.25, 0.3) is 0 Å². The second-order valence-corrected chi connectivity index (χ2v) is 7.18. The third-order valence-corrected chi connectivity index (χ3v) is 6.04. The molecule has 0 radical (unpaired) electrons. The number of piperidine rings is 1. The van der Waals surface area contributed by atoms with Crippen LogP contribution in [0.5, 0.6) is 0 Å². The van der Waals surface area contributed by atoms with Crippen LogP contribution >= 0.6 is 0 Å². The van der Waals surface area contributed by atoms with Gasteiger partial charge in [-0.15, -0.1) is 0 Å². The molecule has 3 aliphatic rings. The van der Waals surface area contributed by atoms with Crippen LogP contribution in [-0.4, -0.2) is 37.6 Å². The summed E-state index contributed by atoms with van der Waals surface area (Å²) in [6, 6.07) is 0. The zero-order valence-corrected chi connectivity index (χ0v) is 12.1. The molecule has 0 bridgehead atoms. The summed E-state index contributed by atoms with van der Waals surface area (Å²) in [4.78, 5) is 2.74. The lowest BCUT2D eigenvalue weighted by Crippen LogP contribution is -2.51. The molecule has 1 saturated carbocycles. The summed E-state index contributed by atoms with van der Waals surface area (Å²) in [7, 11) is 0. The molecule has 2 saturated heterocycles. The van der Waals surface area contributed by atoms with E-state index in [1.165, 1.54) is 77.7 Å². The second kappa shape index (κ2) is 5.50. The van der Waals surface area contributed by atoms with E-state index in [2.05, 4.69) is 17.1 Å². The Balaban J connectivity index is 1.44. The summed E-state index contributed by atoms with van der Waals surface area (Å²) >= 11 is 0. The monoisotopic (exact) mass is 250 g/mol. The normalized spacial score (nSPS) is 30.5. The van der Waals surface area contributed by atoms with Gasteiger partial charge >= 0.3 is 0 Å². The first-order valence-corrected chi connectivity index (χ1v) is 8.23. The summed E-state index contributed by atoms with van der Waals surface area (Å²) in [5.41, 5.74) is 0.764. The van der Waals surface area contributed by atoms with Crippen LogP contribution in [0.4, 0.5) is 0 Å². The molecule has 3 fully saturated rings. The molecule has 0 aromatic carbocycles. The van der Waals surface area contributed by atoms with Crippen LogP contribution in [-0.2, 0) is 0 Å². The Morgan fingerprint density at radius 2 is 1.67 bits per heavy atom. The molecule has 0 amide bonds. The fourth-order valence-electron chi connectivity index (χ4n) is 4.25. The Kier molecular flexibility index (Phi) is 3.95. The number of nitrogens with zero attached hydrogens (tertiary/aromatic N) is 1. The van der Waals surface area contributed by atoms with Gasteiger partial charge in [0.2, 0.25) is 0 Å². The van der Waals surface area contributed by atoms with Gasteiger partial charge in [-0.3, -0.25) is 0 Å². The molecule has 1 spiro atoms. The zero-order chi connectivity index (χ0) is 12.4. The fraction of sp³-hybridized carbons (Fsp3) is 1.00. The van der Waals surface area contributed by atoms with Gasteiger partial charge in [0.15, 0.2) is 0 Å². The highest BCUT2D eigenvalue weighted by Crippen LogP contribution is 2.46. The van der Waals surface area contributed by atoms with E-state index in [1.807, 2.05) is 0 Å². The molecule has 2 aliphatic heterocycles. The second-order valence-electron chi connectivity index (χ2n) is 7.18. The van der Waals surface area contributed by atoms with E-state index in [-0.39, 0.29) is 0 Å². The van der Waals surface area contributed by atoms with Crippen LogP contribution in [0.2, 0.25) is 0 Å². The fourth-order valence-corrected chi connectivity index (χ4v) is 4.25. The molecular weight excluding hydrogens is 220 g/mol. The van der Waals surface area contributed by atoms with E-state index in [0.29, 0.717) is 0 Å². The summed E-state index contributed by atoms with van der Waals surface area (Å²) < 4.78 is 0. The first-order chi connectivity index (χ1) is 8.80. The van der Waals surface area contributed by atoms with E-state index in [4.69, 9.17) is 0 Å². The van der Waals surface area contributed by atoms with Crippen LogP contribution in [0.1, 0.15) is 51.9 Å². The third-order valence-electron chi connectivity index (χ3n) is 6.04. The van der Waals surface area contributed by atoms with Crippen LogP contribution in [0.3, 0.4) is 0 Å². The van der Waals surface area contributed by atoms with Gasteiger partial charge < -0.3 is 10.2 Å². The summed E-state index contributed by atoms with van der Waals surface area (Å²) in [6.45, 7) is 9.03. The minimum Gasteiger partial charge on any atom is -0.316 e. The van der Waals surface area contributed by atoms with E-state index < -0.39 is 0 Å². The maximum atomic E-state index is 3.39. The van der Waals surface area contributed by atoms with Crippen molar-refractivity contribution in [2.75, 3.05) is 32.7 Å². The minimum atomic E-state index is 0.764. The largest absolute Gasteiger partial charge is 0.316 e. The Bertz CT molecular complexity index is 254. The molecule has 0 unspecified atom stereocenters. The molecule has 2 nitrogen and oxygen atoms in total. The Hall–Kier alpha value is -0.0800. The maximum absolute atomic E-state index is 3.39. The van der Waals surface area contributed by atoms with Gasteiger partial charge in [-0.2, -0.15) is 0 Å². The highest BCUT2D eigenvalue weighted by Gasteiger charge is 2.38. The average Bonchev–Trinajstić information content (AvgIpc) is 2.37. The van der Waals surface area contributed by atoms with Gasteiger partial charge in [0, 0.05) is 19.6 Å². The summed E-state index contributed by atoms with van der Waals surface area (Å²) in [5, 5.41) is 3.39. The van der Waals surface area contributed by atoms with E-state index in [1.54, 1.807) is 0 Å². The lowest BCUT2D eigenvalue weighted by atomic mass is 9.65. The van der Waals surface area contributed by atoms with Crippen LogP contribution < -0.4 is 5.32 Å². The van der Waals surface area contributed by atoms with Crippen molar-refractivity contribution in [3.8, 4) is 0 Å². The minimum absolute atomic E-state index is 0.764. The predicted octanol–water partition coefficient (Wildman–Crippen LogP) is 2.89. The van der Waals surface area contributed by atoms with Gasteiger partial charge in [0.1, 0.15) is 0 Å². The van der Waals surface area contributed by atoms with E-state index in [9.17, 15) is 0 Å². The molecule has 104 valence electrons. The number of likely N-dealkylation sites (tertiary alicyclic amines) is 1. The smallest absolute Gasteiger partial charge is 0.00340 e. The highest BCUT2D eigenvalue weighted by atomic mass is 15.1. The highest BCUT2D eigenvalue weighted by molar-refractivity contribution is 4.91. The van der Waals surface area contributed by atoms with Gasteiger partial charge in [0.25, 0.3) is 0 Å². The van der Waals surface area contributed by atoms with Crippen molar-refractivity contribution >= 4 is 0 Å². The Morgan fingerprint density at radius 1 is 1.00 bits per heavy atom. The number of hydrogen-bond acceptors (Lipinski definition) is 2. The van der Waals surface area contributed by atoms with Gasteiger partial charge in [-0.25, -0.2) is 0 Å². The zero-order valence-electron chi connectivity index (χ0n) is 12.1. The van der Waals surface area contributed by atoms with Crippen molar-refractivity contribution in [2.24, 2.45) is 17.3 Å². The van der Waals surface area contributed by atoms with Gasteiger partial charge in [-0.05, 0) is 68.9 Å². The Morgan fingerprint density at radius 3 is 2.17 bits per heavy atom. The third kappa shape index (κ3) is 2.75. The maximum Gasteiger partial charge on any atom is 0.00340 e. The molecule has 18 heavy (non-hydrogen) atoms. The Labute approximate surface area is 113 Å². The molecular formula is C16H30N2. The van der Waals surface area contributed by atoms with Crippen molar-refractivity contribution in [2.45, 2.75) is 51.9 Å². The lowest BCUT2D eigenvalue weighted by molar-refractivity contribution is 0.0411. The predicted molar refractivity (Wildman–Crippen MR) is 76.7 cm³/mol. The quantitative estimate of drug-likeness (QED) is 0.828. The molecule has 2 heterocycles. The number of nitrogens with one attached hydrogen (secondary N) is 1. The molecule has 0 atom stereocenters. The van der Waals surface area contributed by atoms with Crippen molar-refractivity contribution in [3.63, 3.8) is 0 Å². The van der Waals surface area contributed by atoms with Crippen molar-refractivity contribution in [3.05, 3.63) is 0 Å². The number of rotatable bonds is 3. The molecule has 2 heteroatoms. The molecule has 3 rings (SSSR count). The summed E-state index contributed by atoms with van der Waals surface area (Å²) in [5.74, 6) is 2.00. The first kappa shape index (κ1) is 12.9. The van der Waals surface area contributed by atoms with Crippen molar-refractivity contribution in [1.29, 1.82) is 0 Å². The van der Waals surface area contributed by atoms with Crippen LogP contribution in [0, 0.1) is 17.3 Å². The molecule has 0 aromatic rings.